The van der Waals surface area contributed by atoms with E-state index in [1.54, 1.807) is 0 Å². The Morgan fingerprint density at radius 3 is 2.68 bits per heavy atom. The van der Waals surface area contributed by atoms with Gasteiger partial charge in [-0.15, -0.1) is 0 Å². The highest BCUT2D eigenvalue weighted by Crippen LogP contribution is 2.31. The molecule has 2 aromatic rings. The molecule has 9 heteroatoms. The van der Waals surface area contributed by atoms with Crippen molar-refractivity contribution in [1.29, 1.82) is 0 Å². The molecule has 0 aromatic carbocycles. The van der Waals surface area contributed by atoms with Crippen LogP contribution in [0.25, 0.3) is 0 Å². The molecule has 19 heavy (non-hydrogen) atoms. The Kier molecular flexibility index (Phi) is 3.73. The van der Waals surface area contributed by atoms with Gasteiger partial charge >= 0.3 is 6.18 Å². The van der Waals surface area contributed by atoms with Crippen molar-refractivity contribution < 1.29 is 22.5 Å². The summed E-state index contributed by atoms with van der Waals surface area (Å²) in [6.07, 6.45) is -1.49. The molecule has 0 unspecified atom stereocenters. The van der Waals surface area contributed by atoms with Gasteiger partial charge < -0.3 is 4.52 Å². The molecule has 0 saturated heterocycles. The highest BCUT2D eigenvalue weighted by atomic mass is 127. The van der Waals surface area contributed by atoms with Gasteiger partial charge in [0.15, 0.2) is 0 Å². The number of halogens is 4. The largest absolute Gasteiger partial charge is 0.417 e. The second kappa shape index (κ2) is 5.15. The number of nitrogens with one attached hydrogen (secondary N) is 1. The summed E-state index contributed by atoms with van der Waals surface area (Å²) in [6, 6.07) is 0.736. The number of alkyl halides is 3. The minimum Gasteiger partial charge on any atom is -0.337 e. The lowest BCUT2D eigenvalue weighted by atomic mass is 10.1. The fourth-order valence-electron chi connectivity index (χ4n) is 1.30. The smallest absolute Gasteiger partial charge is 0.337 e. The molecule has 1 N–H and O–H groups in total. The first-order chi connectivity index (χ1) is 8.89. The van der Waals surface area contributed by atoms with Crippen molar-refractivity contribution in [3.63, 3.8) is 0 Å². The zero-order chi connectivity index (χ0) is 14.0. The van der Waals surface area contributed by atoms with Crippen molar-refractivity contribution in [2.45, 2.75) is 6.18 Å². The number of nitrogens with zero attached hydrogens (tertiary/aromatic N) is 2. The molecular formula is C10H5F3IN3O2. The highest BCUT2D eigenvalue weighted by molar-refractivity contribution is 14.1. The van der Waals surface area contributed by atoms with Gasteiger partial charge in [-0.1, -0.05) is 5.16 Å². The van der Waals surface area contributed by atoms with E-state index in [-0.39, 0.29) is 5.88 Å². The molecule has 0 spiro atoms. The second-order valence-corrected chi connectivity index (χ2v) is 4.54. The lowest BCUT2D eigenvalue weighted by Crippen LogP contribution is -2.19. The predicted molar refractivity (Wildman–Crippen MR) is 66.4 cm³/mol. The van der Waals surface area contributed by atoms with Crippen LogP contribution in [0.1, 0.15) is 15.9 Å². The van der Waals surface area contributed by atoms with Gasteiger partial charge in [0.2, 0.25) is 5.88 Å². The zero-order valence-electron chi connectivity index (χ0n) is 9.03. The van der Waals surface area contributed by atoms with Crippen LogP contribution in [-0.4, -0.2) is 16.0 Å². The van der Waals surface area contributed by atoms with Crippen LogP contribution in [0.4, 0.5) is 19.1 Å². The van der Waals surface area contributed by atoms with Crippen molar-refractivity contribution in [3.05, 3.63) is 39.4 Å². The van der Waals surface area contributed by atoms with Crippen LogP contribution in [-0.2, 0) is 6.18 Å². The summed E-state index contributed by atoms with van der Waals surface area (Å²) in [5, 5.41) is 5.61. The highest BCUT2D eigenvalue weighted by Gasteiger charge is 2.35. The molecule has 0 aliphatic heterocycles. The Labute approximate surface area is 118 Å². The molecule has 1 amide bonds. The van der Waals surface area contributed by atoms with Gasteiger partial charge in [0.1, 0.15) is 0 Å². The number of aromatic nitrogens is 2. The average molecular weight is 383 g/mol. The van der Waals surface area contributed by atoms with Crippen LogP contribution in [0.15, 0.2) is 29.2 Å². The maximum atomic E-state index is 12.7. The third kappa shape index (κ3) is 3.03. The Hall–Kier alpha value is -1.65. The number of amides is 1. The second-order valence-electron chi connectivity index (χ2n) is 3.38. The monoisotopic (exact) mass is 383 g/mol. The molecule has 100 valence electrons. The number of carbonyl (C=O) groups is 1. The molecule has 5 nitrogen and oxygen atoms in total. The van der Waals surface area contributed by atoms with E-state index in [1.807, 2.05) is 22.6 Å². The van der Waals surface area contributed by atoms with Crippen molar-refractivity contribution in [2.75, 3.05) is 5.32 Å². The van der Waals surface area contributed by atoms with E-state index < -0.39 is 23.2 Å². The van der Waals surface area contributed by atoms with E-state index in [1.165, 1.54) is 6.20 Å². The third-order valence-corrected chi connectivity index (χ3v) is 2.89. The first kappa shape index (κ1) is 13.8. The summed E-state index contributed by atoms with van der Waals surface area (Å²) in [5.41, 5.74) is -1.64. The molecule has 2 aromatic heterocycles. The molecule has 0 radical (unpaired) electrons. The number of hydrogen-bond acceptors (Lipinski definition) is 4. The van der Waals surface area contributed by atoms with Gasteiger partial charge in [-0.05, 0) is 28.7 Å². The van der Waals surface area contributed by atoms with Gasteiger partial charge in [0.25, 0.3) is 5.91 Å². The number of anilines is 1. The molecule has 0 aliphatic carbocycles. The molecule has 0 bridgehead atoms. The molecule has 2 heterocycles. The maximum Gasteiger partial charge on any atom is 0.417 e. The maximum absolute atomic E-state index is 12.7. The van der Waals surface area contributed by atoms with E-state index in [9.17, 15) is 18.0 Å². The van der Waals surface area contributed by atoms with Gasteiger partial charge in [-0.25, -0.2) is 0 Å². The number of rotatable bonds is 2. The minimum absolute atomic E-state index is 0.0115. The zero-order valence-corrected chi connectivity index (χ0v) is 11.2. The summed E-state index contributed by atoms with van der Waals surface area (Å²) in [6.45, 7) is 0. The van der Waals surface area contributed by atoms with Crippen molar-refractivity contribution in [1.82, 2.24) is 10.1 Å². The van der Waals surface area contributed by atoms with Crippen LogP contribution >= 0.6 is 22.6 Å². The Bertz CT molecular complexity index is 612. The standard InChI is InChI=1S/C10H5F3IN3O2/c11-10(12,13)6-1-2-15-3-5(6)8(18)17-9-7(14)4-16-19-9/h1-4H,(H,17,18). The molecule has 0 atom stereocenters. The third-order valence-electron chi connectivity index (χ3n) is 2.13. The minimum atomic E-state index is -4.63. The summed E-state index contributed by atoms with van der Waals surface area (Å²) in [7, 11) is 0. The Balaban J connectivity index is 2.32. The first-order valence-electron chi connectivity index (χ1n) is 4.82. The molecule has 0 saturated carbocycles. The topological polar surface area (TPSA) is 68.0 Å². The average Bonchev–Trinajstić information content (AvgIpc) is 2.74. The van der Waals surface area contributed by atoms with Gasteiger partial charge in [-0.3, -0.25) is 15.1 Å². The van der Waals surface area contributed by atoms with E-state index >= 15 is 0 Å². The fourth-order valence-corrected chi connectivity index (χ4v) is 1.65. The number of carbonyl (C=O) groups excluding carboxylic acids is 1. The number of pyridine rings is 1. The van der Waals surface area contributed by atoms with Crippen LogP contribution in [0.2, 0.25) is 0 Å². The Morgan fingerprint density at radius 1 is 1.37 bits per heavy atom. The van der Waals surface area contributed by atoms with Gasteiger partial charge in [0, 0.05) is 12.4 Å². The van der Waals surface area contributed by atoms with Crippen LogP contribution in [0, 0.1) is 3.57 Å². The summed E-state index contributed by atoms with van der Waals surface area (Å²) >= 11 is 1.82. The van der Waals surface area contributed by atoms with Crippen LogP contribution in [0.5, 0.6) is 0 Å². The predicted octanol–water partition coefficient (Wildman–Crippen LogP) is 2.95. The van der Waals surface area contributed by atoms with Crippen molar-refractivity contribution in [3.8, 4) is 0 Å². The van der Waals surface area contributed by atoms with E-state index in [0.717, 1.165) is 18.5 Å². The molecule has 0 aliphatic rings. The summed E-state index contributed by atoms with van der Waals surface area (Å²) < 4.78 is 43.3. The summed E-state index contributed by atoms with van der Waals surface area (Å²) in [4.78, 5) is 15.3. The van der Waals surface area contributed by atoms with Crippen molar-refractivity contribution >= 4 is 34.4 Å². The lowest BCUT2D eigenvalue weighted by molar-refractivity contribution is -0.138. The fraction of sp³-hybridized carbons (Fsp3) is 0.100. The quantitative estimate of drug-likeness (QED) is 0.810. The molecular weight excluding hydrogens is 378 g/mol. The van der Waals surface area contributed by atoms with E-state index in [4.69, 9.17) is 4.52 Å². The lowest BCUT2D eigenvalue weighted by Gasteiger charge is -2.11. The van der Waals surface area contributed by atoms with Crippen LogP contribution in [0.3, 0.4) is 0 Å². The van der Waals surface area contributed by atoms with E-state index in [2.05, 4.69) is 15.5 Å². The van der Waals surface area contributed by atoms with Gasteiger partial charge in [0.05, 0.1) is 20.9 Å². The normalized spacial score (nSPS) is 11.4. The first-order valence-corrected chi connectivity index (χ1v) is 5.90. The Morgan fingerprint density at radius 2 is 2.11 bits per heavy atom. The SMILES string of the molecule is O=C(Nc1oncc1I)c1cnccc1C(F)(F)F. The molecule has 0 fully saturated rings. The van der Waals surface area contributed by atoms with E-state index in [0.29, 0.717) is 3.57 Å². The summed E-state index contributed by atoms with van der Waals surface area (Å²) in [5.74, 6) is -0.974. The molecule has 2 rings (SSSR count). The van der Waals surface area contributed by atoms with Crippen LogP contribution < -0.4 is 5.32 Å². The van der Waals surface area contributed by atoms with Gasteiger partial charge in [-0.2, -0.15) is 13.2 Å². The van der Waals surface area contributed by atoms with Crippen molar-refractivity contribution in [2.24, 2.45) is 0 Å². The number of hydrogen-bond donors (Lipinski definition) is 1.